The maximum Gasteiger partial charge on any atom is 0.264 e. The van der Waals surface area contributed by atoms with Gasteiger partial charge in [-0.1, -0.05) is 24.3 Å². The molecular formula is C24H26N2O6S. The van der Waals surface area contributed by atoms with Crippen molar-refractivity contribution in [2.24, 2.45) is 0 Å². The molecule has 9 heteroatoms. The lowest BCUT2D eigenvalue weighted by molar-refractivity contribution is -0.114. The number of amides is 1. The van der Waals surface area contributed by atoms with Crippen molar-refractivity contribution in [1.29, 1.82) is 0 Å². The van der Waals surface area contributed by atoms with Gasteiger partial charge in [0.1, 0.15) is 12.3 Å². The molecule has 0 heterocycles. The van der Waals surface area contributed by atoms with Crippen LogP contribution in [-0.2, 0) is 14.8 Å². The first-order valence-electron chi connectivity index (χ1n) is 10.0. The Morgan fingerprint density at radius 2 is 1.48 bits per heavy atom. The van der Waals surface area contributed by atoms with Gasteiger partial charge in [-0.2, -0.15) is 0 Å². The van der Waals surface area contributed by atoms with E-state index in [9.17, 15) is 13.2 Å². The summed E-state index contributed by atoms with van der Waals surface area (Å²) in [6.45, 7) is 1.37. The molecule has 33 heavy (non-hydrogen) atoms. The molecule has 0 aromatic heterocycles. The van der Waals surface area contributed by atoms with Crippen LogP contribution in [0.4, 0.5) is 11.4 Å². The van der Waals surface area contributed by atoms with Crippen LogP contribution in [0.5, 0.6) is 17.2 Å². The number of nitrogens with zero attached hydrogens (tertiary/aromatic N) is 1. The highest BCUT2D eigenvalue weighted by molar-refractivity contribution is 7.92. The summed E-state index contributed by atoms with van der Waals surface area (Å²) in [5, 5.41) is 2.72. The third-order valence-electron chi connectivity index (χ3n) is 4.89. The minimum atomic E-state index is -4.07. The molecule has 0 aliphatic carbocycles. The van der Waals surface area contributed by atoms with Gasteiger partial charge in [0.05, 0.1) is 31.9 Å². The van der Waals surface area contributed by atoms with Crippen LogP contribution in [0.1, 0.15) is 5.56 Å². The number of rotatable bonds is 9. The number of ether oxygens (including phenoxy) is 3. The molecule has 0 bridgehead atoms. The number of benzene rings is 3. The van der Waals surface area contributed by atoms with Gasteiger partial charge < -0.3 is 19.5 Å². The smallest absolute Gasteiger partial charge is 0.264 e. The van der Waals surface area contributed by atoms with Crippen molar-refractivity contribution in [3.63, 3.8) is 0 Å². The Bertz CT molecular complexity index is 1230. The largest absolute Gasteiger partial charge is 0.495 e. The van der Waals surface area contributed by atoms with Crippen molar-refractivity contribution in [2.75, 3.05) is 37.5 Å². The standard InChI is InChI=1S/C24H26N2O6S/c1-17-10-12-21(30-2)20(14-17)26(33(28,29)19-8-6-5-7-9-19)16-24(27)25-18-11-13-22(31-3)23(15-18)32-4/h5-15H,16H2,1-4H3,(H,25,27). The van der Waals surface area contributed by atoms with E-state index in [0.717, 1.165) is 9.87 Å². The van der Waals surface area contributed by atoms with E-state index in [1.807, 2.05) is 6.92 Å². The molecule has 0 atom stereocenters. The van der Waals surface area contributed by atoms with Crippen LogP contribution in [0.25, 0.3) is 0 Å². The zero-order chi connectivity index (χ0) is 24.0. The van der Waals surface area contributed by atoms with E-state index >= 15 is 0 Å². The topological polar surface area (TPSA) is 94.2 Å². The lowest BCUT2D eigenvalue weighted by Gasteiger charge is -2.26. The number of methoxy groups -OCH3 is 3. The molecule has 0 saturated heterocycles. The summed E-state index contributed by atoms with van der Waals surface area (Å²) < 4.78 is 44.0. The van der Waals surface area contributed by atoms with Gasteiger partial charge in [0.15, 0.2) is 11.5 Å². The number of aryl methyl sites for hydroxylation is 1. The van der Waals surface area contributed by atoms with Crippen molar-refractivity contribution in [3.05, 3.63) is 72.3 Å². The number of hydrogen-bond acceptors (Lipinski definition) is 6. The van der Waals surface area contributed by atoms with Crippen LogP contribution >= 0.6 is 0 Å². The predicted octanol–water partition coefficient (Wildman–Crippen LogP) is 3.85. The Hall–Kier alpha value is -3.72. The van der Waals surface area contributed by atoms with E-state index in [1.54, 1.807) is 54.6 Å². The summed E-state index contributed by atoms with van der Waals surface area (Å²) in [7, 11) is 0.382. The molecular weight excluding hydrogens is 444 g/mol. The quantitative estimate of drug-likeness (QED) is 0.511. The highest BCUT2D eigenvalue weighted by Crippen LogP contribution is 2.34. The van der Waals surface area contributed by atoms with E-state index in [2.05, 4.69) is 5.32 Å². The van der Waals surface area contributed by atoms with Crippen LogP contribution in [-0.4, -0.2) is 42.2 Å². The Morgan fingerprint density at radius 1 is 0.848 bits per heavy atom. The number of hydrogen-bond donors (Lipinski definition) is 1. The summed E-state index contributed by atoms with van der Waals surface area (Å²) in [4.78, 5) is 13.0. The van der Waals surface area contributed by atoms with E-state index in [1.165, 1.54) is 33.5 Å². The minimum Gasteiger partial charge on any atom is -0.495 e. The third kappa shape index (κ3) is 5.38. The maximum absolute atomic E-state index is 13.5. The first kappa shape index (κ1) is 23.9. The fourth-order valence-corrected chi connectivity index (χ4v) is 4.70. The molecule has 174 valence electrons. The molecule has 1 amide bonds. The van der Waals surface area contributed by atoms with Gasteiger partial charge in [-0.3, -0.25) is 9.10 Å². The monoisotopic (exact) mass is 470 g/mol. The molecule has 1 N–H and O–H groups in total. The molecule has 3 rings (SSSR count). The SMILES string of the molecule is COc1ccc(NC(=O)CN(c2cc(C)ccc2OC)S(=O)(=O)c2ccccc2)cc1OC. The Balaban J connectivity index is 1.99. The molecule has 0 saturated carbocycles. The zero-order valence-electron chi connectivity index (χ0n) is 18.9. The van der Waals surface area contributed by atoms with Crippen LogP contribution < -0.4 is 23.8 Å². The highest BCUT2D eigenvalue weighted by Gasteiger charge is 2.29. The Morgan fingerprint density at radius 3 is 2.12 bits per heavy atom. The second kappa shape index (κ2) is 10.3. The lowest BCUT2D eigenvalue weighted by Crippen LogP contribution is -2.38. The molecule has 8 nitrogen and oxygen atoms in total. The van der Waals surface area contributed by atoms with Gasteiger partial charge in [-0.15, -0.1) is 0 Å². The van der Waals surface area contributed by atoms with Gasteiger partial charge in [0.25, 0.3) is 10.0 Å². The molecule has 0 aliphatic rings. The number of nitrogens with one attached hydrogen (secondary N) is 1. The van der Waals surface area contributed by atoms with E-state index < -0.39 is 22.5 Å². The van der Waals surface area contributed by atoms with Crippen molar-refractivity contribution < 1.29 is 27.4 Å². The zero-order valence-corrected chi connectivity index (χ0v) is 19.7. The van der Waals surface area contributed by atoms with E-state index in [0.29, 0.717) is 22.9 Å². The normalized spacial score (nSPS) is 10.9. The van der Waals surface area contributed by atoms with Crippen LogP contribution in [0, 0.1) is 6.92 Å². The minimum absolute atomic E-state index is 0.0625. The van der Waals surface area contributed by atoms with Gasteiger partial charge in [0.2, 0.25) is 5.91 Å². The van der Waals surface area contributed by atoms with Gasteiger partial charge in [0, 0.05) is 11.8 Å². The van der Waals surface area contributed by atoms with Crippen molar-refractivity contribution >= 4 is 27.3 Å². The molecule has 3 aromatic carbocycles. The van der Waals surface area contributed by atoms with Crippen LogP contribution in [0.3, 0.4) is 0 Å². The second-order valence-electron chi connectivity index (χ2n) is 7.12. The van der Waals surface area contributed by atoms with Crippen LogP contribution in [0.2, 0.25) is 0 Å². The fourth-order valence-electron chi connectivity index (χ4n) is 3.26. The number of sulfonamides is 1. The second-order valence-corrected chi connectivity index (χ2v) is 8.98. The Labute approximate surface area is 193 Å². The number of carbonyl (C=O) groups is 1. The van der Waals surface area contributed by atoms with Gasteiger partial charge in [-0.25, -0.2) is 8.42 Å². The molecule has 0 unspecified atom stereocenters. The number of carbonyl (C=O) groups excluding carboxylic acids is 1. The summed E-state index contributed by atoms with van der Waals surface area (Å²) in [6, 6.07) is 18.0. The first-order valence-corrected chi connectivity index (χ1v) is 11.5. The fraction of sp³-hybridized carbons (Fsp3) is 0.208. The Kier molecular flexibility index (Phi) is 7.44. The van der Waals surface area contributed by atoms with E-state index in [4.69, 9.17) is 14.2 Å². The summed E-state index contributed by atoms with van der Waals surface area (Å²) in [5.41, 5.74) is 1.52. The van der Waals surface area contributed by atoms with E-state index in [-0.39, 0.29) is 10.6 Å². The molecule has 0 aliphatic heterocycles. The van der Waals surface area contributed by atoms with Crippen LogP contribution in [0.15, 0.2) is 71.6 Å². The van der Waals surface area contributed by atoms with Crippen molar-refractivity contribution in [3.8, 4) is 17.2 Å². The summed E-state index contributed by atoms with van der Waals surface area (Å²) in [5.74, 6) is 0.738. The average molecular weight is 471 g/mol. The molecule has 0 spiro atoms. The van der Waals surface area contributed by atoms with Gasteiger partial charge >= 0.3 is 0 Å². The molecule has 0 fully saturated rings. The van der Waals surface area contributed by atoms with Gasteiger partial charge in [-0.05, 0) is 48.9 Å². The van der Waals surface area contributed by atoms with Crippen molar-refractivity contribution in [2.45, 2.75) is 11.8 Å². The summed E-state index contributed by atoms with van der Waals surface area (Å²) >= 11 is 0. The maximum atomic E-state index is 13.5. The molecule has 3 aromatic rings. The first-order chi connectivity index (χ1) is 15.8. The predicted molar refractivity (Wildman–Crippen MR) is 127 cm³/mol. The third-order valence-corrected chi connectivity index (χ3v) is 6.66. The number of anilines is 2. The van der Waals surface area contributed by atoms with Crippen molar-refractivity contribution in [1.82, 2.24) is 0 Å². The molecule has 0 radical (unpaired) electrons. The highest BCUT2D eigenvalue weighted by atomic mass is 32.2. The lowest BCUT2D eigenvalue weighted by atomic mass is 10.2. The summed E-state index contributed by atoms with van der Waals surface area (Å²) in [6.07, 6.45) is 0. The average Bonchev–Trinajstić information content (AvgIpc) is 2.82.